The second kappa shape index (κ2) is 8.99. The molecule has 2 amide bonds. The van der Waals surface area contributed by atoms with Crippen LogP contribution in [-0.4, -0.2) is 27.5 Å². The SMILES string of the molecule is CCCc1cc(=O)[nH]c(SCC(=O)NC(=O)c2ccc(C(C)(C)C)cc2)n1. The van der Waals surface area contributed by atoms with Gasteiger partial charge >= 0.3 is 0 Å². The van der Waals surface area contributed by atoms with Gasteiger partial charge in [-0.15, -0.1) is 0 Å². The van der Waals surface area contributed by atoms with Crippen LogP contribution < -0.4 is 10.9 Å². The van der Waals surface area contributed by atoms with Crippen LogP contribution in [0.3, 0.4) is 0 Å². The number of thioether (sulfide) groups is 1. The smallest absolute Gasteiger partial charge is 0.257 e. The quantitative estimate of drug-likeness (QED) is 0.587. The summed E-state index contributed by atoms with van der Waals surface area (Å²) in [6, 6.07) is 8.66. The van der Waals surface area contributed by atoms with E-state index >= 15 is 0 Å². The molecular weight excluding hydrogens is 362 g/mol. The van der Waals surface area contributed by atoms with Crippen LogP contribution in [0.25, 0.3) is 0 Å². The van der Waals surface area contributed by atoms with Gasteiger partial charge in [0.05, 0.1) is 5.75 Å². The van der Waals surface area contributed by atoms with Gasteiger partial charge in [0, 0.05) is 17.3 Å². The van der Waals surface area contributed by atoms with Gasteiger partial charge in [0.2, 0.25) is 5.91 Å². The van der Waals surface area contributed by atoms with Crippen molar-refractivity contribution >= 4 is 23.6 Å². The molecule has 1 aromatic heterocycles. The number of amides is 2. The van der Waals surface area contributed by atoms with Crippen molar-refractivity contribution < 1.29 is 9.59 Å². The number of aryl methyl sites for hydroxylation is 1. The zero-order chi connectivity index (χ0) is 20.0. The lowest BCUT2D eigenvalue weighted by Gasteiger charge is -2.18. The second-order valence-electron chi connectivity index (χ2n) is 7.29. The number of hydrogen-bond donors (Lipinski definition) is 2. The fraction of sp³-hybridized carbons (Fsp3) is 0.400. The van der Waals surface area contributed by atoms with Crippen molar-refractivity contribution in [3.63, 3.8) is 0 Å². The molecule has 0 atom stereocenters. The zero-order valence-electron chi connectivity index (χ0n) is 16.1. The van der Waals surface area contributed by atoms with Crippen molar-refractivity contribution in [2.45, 2.75) is 51.1 Å². The number of imide groups is 1. The molecule has 0 radical (unpaired) electrons. The molecule has 0 aliphatic heterocycles. The molecule has 27 heavy (non-hydrogen) atoms. The van der Waals surface area contributed by atoms with Gasteiger partial charge in [-0.3, -0.25) is 19.7 Å². The van der Waals surface area contributed by atoms with Gasteiger partial charge in [0.25, 0.3) is 11.5 Å². The Bertz CT molecular complexity index is 867. The molecule has 0 aliphatic carbocycles. The van der Waals surface area contributed by atoms with E-state index in [-0.39, 0.29) is 16.7 Å². The summed E-state index contributed by atoms with van der Waals surface area (Å²) in [6.45, 7) is 8.28. The Morgan fingerprint density at radius 3 is 2.44 bits per heavy atom. The molecule has 1 aromatic carbocycles. The highest BCUT2D eigenvalue weighted by molar-refractivity contribution is 7.99. The third kappa shape index (κ3) is 6.36. The minimum Gasteiger partial charge on any atom is -0.301 e. The number of rotatable bonds is 6. The first kappa shape index (κ1) is 20.9. The Balaban J connectivity index is 1.94. The third-order valence-electron chi connectivity index (χ3n) is 3.89. The van der Waals surface area contributed by atoms with Crippen molar-refractivity contribution in [1.29, 1.82) is 0 Å². The molecule has 0 saturated heterocycles. The van der Waals surface area contributed by atoms with E-state index in [0.717, 1.165) is 23.7 Å². The summed E-state index contributed by atoms with van der Waals surface area (Å²) < 4.78 is 0. The monoisotopic (exact) mass is 387 g/mol. The number of aromatic nitrogens is 2. The fourth-order valence-corrected chi connectivity index (χ4v) is 3.12. The first-order valence-electron chi connectivity index (χ1n) is 8.87. The maximum atomic E-state index is 12.2. The molecular formula is C20H25N3O3S. The molecule has 2 rings (SSSR count). The van der Waals surface area contributed by atoms with Gasteiger partial charge in [0.1, 0.15) is 0 Å². The summed E-state index contributed by atoms with van der Waals surface area (Å²) in [5.74, 6) is -0.889. The van der Waals surface area contributed by atoms with E-state index in [4.69, 9.17) is 0 Å². The number of benzene rings is 1. The van der Waals surface area contributed by atoms with Crippen molar-refractivity contribution in [3.05, 3.63) is 57.5 Å². The normalized spacial score (nSPS) is 11.3. The van der Waals surface area contributed by atoms with Crippen molar-refractivity contribution in [2.75, 3.05) is 5.75 Å². The molecule has 1 heterocycles. The molecule has 2 aromatic rings. The first-order chi connectivity index (χ1) is 12.7. The highest BCUT2D eigenvalue weighted by Gasteiger charge is 2.15. The van der Waals surface area contributed by atoms with Crippen LogP contribution in [0.1, 0.15) is 55.7 Å². The van der Waals surface area contributed by atoms with Crippen LogP contribution in [0.15, 0.2) is 40.3 Å². The van der Waals surface area contributed by atoms with Crippen molar-refractivity contribution in [3.8, 4) is 0 Å². The van der Waals surface area contributed by atoms with E-state index in [2.05, 4.69) is 36.1 Å². The first-order valence-corrected chi connectivity index (χ1v) is 9.85. The Hall–Kier alpha value is -2.41. The summed E-state index contributed by atoms with van der Waals surface area (Å²) in [7, 11) is 0. The molecule has 0 spiro atoms. The Kier molecular flexibility index (Phi) is 6.96. The molecule has 0 aliphatic rings. The highest BCUT2D eigenvalue weighted by atomic mass is 32.2. The van der Waals surface area contributed by atoms with Crippen LogP contribution in [0.4, 0.5) is 0 Å². The third-order valence-corrected chi connectivity index (χ3v) is 4.76. The standard InChI is InChI=1S/C20H25N3O3S/c1-5-6-15-11-16(24)23-19(21-15)27-12-17(25)22-18(26)13-7-9-14(10-8-13)20(2,3)4/h7-11H,5-6,12H2,1-4H3,(H,21,23,24)(H,22,25,26). The number of aromatic amines is 1. The van der Waals surface area contributed by atoms with E-state index in [1.807, 2.05) is 19.1 Å². The number of H-pyrrole nitrogens is 1. The minimum atomic E-state index is -0.442. The van der Waals surface area contributed by atoms with Gasteiger partial charge < -0.3 is 4.98 Å². The number of carbonyl (C=O) groups excluding carboxylic acids is 2. The average molecular weight is 388 g/mol. The van der Waals surface area contributed by atoms with E-state index in [1.165, 1.54) is 6.07 Å². The molecule has 2 N–H and O–H groups in total. The Morgan fingerprint density at radius 1 is 1.19 bits per heavy atom. The highest BCUT2D eigenvalue weighted by Crippen LogP contribution is 2.22. The minimum absolute atomic E-state index is 0.00229. The average Bonchev–Trinajstić information content (AvgIpc) is 2.59. The number of carbonyl (C=O) groups is 2. The fourth-order valence-electron chi connectivity index (χ4n) is 2.43. The number of nitrogens with zero attached hydrogens (tertiary/aromatic N) is 1. The van der Waals surface area contributed by atoms with E-state index in [1.54, 1.807) is 12.1 Å². The van der Waals surface area contributed by atoms with Gasteiger partial charge in [-0.1, -0.05) is 58.0 Å². The summed E-state index contributed by atoms with van der Waals surface area (Å²) in [6.07, 6.45) is 1.58. The molecule has 6 nitrogen and oxygen atoms in total. The van der Waals surface area contributed by atoms with Crippen LogP contribution in [-0.2, 0) is 16.6 Å². The predicted molar refractivity (Wildman–Crippen MR) is 107 cm³/mol. The van der Waals surface area contributed by atoms with Crippen LogP contribution in [0.5, 0.6) is 0 Å². The maximum absolute atomic E-state index is 12.2. The Morgan fingerprint density at radius 2 is 1.85 bits per heavy atom. The number of nitrogens with one attached hydrogen (secondary N) is 2. The number of hydrogen-bond acceptors (Lipinski definition) is 5. The maximum Gasteiger partial charge on any atom is 0.257 e. The Labute approximate surface area is 163 Å². The summed E-state index contributed by atoms with van der Waals surface area (Å²) in [5, 5.41) is 2.74. The largest absolute Gasteiger partial charge is 0.301 e. The van der Waals surface area contributed by atoms with Gasteiger partial charge in [-0.05, 0) is 29.5 Å². The van der Waals surface area contributed by atoms with E-state index < -0.39 is 11.8 Å². The summed E-state index contributed by atoms with van der Waals surface area (Å²) in [5.41, 5.74) is 1.99. The lowest BCUT2D eigenvalue weighted by atomic mass is 9.87. The molecule has 0 saturated carbocycles. The van der Waals surface area contributed by atoms with Crippen molar-refractivity contribution in [2.24, 2.45) is 0 Å². The van der Waals surface area contributed by atoms with Crippen LogP contribution in [0, 0.1) is 0 Å². The predicted octanol–water partition coefficient (Wildman–Crippen LogP) is 3.07. The van der Waals surface area contributed by atoms with Gasteiger partial charge in [-0.25, -0.2) is 4.98 Å². The lowest BCUT2D eigenvalue weighted by Crippen LogP contribution is -2.32. The lowest BCUT2D eigenvalue weighted by molar-refractivity contribution is -0.117. The molecule has 0 bridgehead atoms. The molecule has 7 heteroatoms. The van der Waals surface area contributed by atoms with E-state index in [0.29, 0.717) is 22.8 Å². The van der Waals surface area contributed by atoms with Crippen LogP contribution >= 0.6 is 11.8 Å². The van der Waals surface area contributed by atoms with Crippen molar-refractivity contribution in [1.82, 2.24) is 15.3 Å². The van der Waals surface area contributed by atoms with E-state index in [9.17, 15) is 14.4 Å². The molecule has 144 valence electrons. The topological polar surface area (TPSA) is 91.9 Å². The summed E-state index contributed by atoms with van der Waals surface area (Å²) >= 11 is 1.09. The molecule has 0 fully saturated rings. The molecule has 0 unspecified atom stereocenters. The summed E-state index contributed by atoms with van der Waals surface area (Å²) in [4.78, 5) is 42.8. The van der Waals surface area contributed by atoms with Crippen LogP contribution in [0.2, 0.25) is 0 Å². The van der Waals surface area contributed by atoms with Gasteiger partial charge in [0.15, 0.2) is 5.16 Å². The zero-order valence-corrected chi connectivity index (χ0v) is 16.9. The second-order valence-corrected chi connectivity index (χ2v) is 8.25. The van der Waals surface area contributed by atoms with Gasteiger partial charge in [-0.2, -0.15) is 0 Å².